The van der Waals surface area contributed by atoms with Gasteiger partial charge in [-0.1, -0.05) is 6.07 Å². The van der Waals surface area contributed by atoms with Crippen LogP contribution in [0.15, 0.2) is 48.9 Å². The molecule has 0 fully saturated rings. The van der Waals surface area contributed by atoms with Crippen molar-refractivity contribution in [3.05, 3.63) is 48.9 Å². The summed E-state index contributed by atoms with van der Waals surface area (Å²) in [6, 6.07) is 8.89. The number of pyridine rings is 1. The molecule has 0 aromatic carbocycles. The molecule has 0 N–H and O–H groups in total. The molecule has 0 spiro atoms. The highest BCUT2D eigenvalue weighted by Gasteiger charge is 2.04. The van der Waals surface area contributed by atoms with Crippen LogP contribution < -0.4 is 4.74 Å². The van der Waals surface area contributed by atoms with Gasteiger partial charge in [-0.25, -0.2) is 9.78 Å². The van der Waals surface area contributed by atoms with E-state index in [1.54, 1.807) is 41.4 Å². The van der Waals surface area contributed by atoms with Crippen molar-refractivity contribution in [3.8, 4) is 5.88 Å². The molecule has 4 nitrogen and oxygen atoms in total. The van der Waals surface area contributed by atoms with Crippen molar-refractivity contribution in [1.29, 1.82) is 0 Å². The number of ether oxygens (including phenoxy) is 1. The monoisotopic (exact) mass is 202 g/mol. The van der Waals surface area contributed by atoms with Crippen LogP contribution in [0.5, 0.6) is 5.88 Å². The standard InChI is InChI=1S/C11H10N2O2/c14-11(9-13-7-3-4-8-13)15-10-5-1-2-6-12-10/h1-8H,9H2. The summed E-state index contributed by atoms with van der Waals surface area (Å²) in [6.07, 6.45) is 5.19. The van der Waals surface area contributed by atoms with Gasteiger partial charge in [0.2, 0.25) is 5.88 Å². The Morgan fingerprint density at radius 1 is 1.27 bits per heavy atom. The van der Waals surface area contributed by atoms with Crippen molar-refractivity contribution in [2.45, 2.75) is 6.54 Å². The zero-order valence-corrected chi connectivity index (χ0v) is 8.04. The number of esters is 1. The van der Waals surface area contributed by atoms with Crippen molar-refractivity contribution in [2.24, 2.45) is 0 Å². The van der Waals surface area contributed by atoms with Crippen LogP contribution in [0.3, 0.4) is 0 Å². The van der Waals surface area contributed by atoms with E-state index in [9.17, 15) is 4.79 Å². The normalized spacial score (nSPS) is 9.87. The lowest BCUT2D eigenvalue weighted by molar-refractivity contribution is -0.135. The predicted octanol–water partition coefficient (Wildman–Crippen LogP) is 1.49. The van der Waals surface area contributed by atoms with Crippen molar-refractivity contribution >= 4 is 5.97 Å². The first-order valence-corrected chi connectivity index (χ1v) is 4.57. The molecular formula is C11H10N2O2. The second-order valence-electron chi connectivity index (χ2n) is 3.00. The highest BCUT2D eigenvalue weighted by Crippen LogP contribution is 2.04. The lowest BCUT2D eigenvalue weighted by atomic mass is 10.5. The molecule has 2 rings (SSSR count). The second-order valence-corrected chi connectivity index (χ2v) is 3.00. The molecule has 0 saturated heterocycles. The Kier molecular flexibility index (Phi) is 2.78. The van der Waals surface area contributed by atoms with E-state index in [1.165, 1.54) is 0 Å². The molecule has 15 heavy (non-hydrogen) atoms. The zero-order valence-electron chi connectivity index (χ0n) is 8.04. The highest BCUT2D eigenvalue weighted by atomic mass is 16.5. The first-order chi connectivity index (χ1) is 7.34. The topological polar surface area (TPSA) is 44.1 Å². The summed E-state index contributed by atoms with van der Waals surface area (Å²) in [5.41, 5.74) is 0. The van der Waals surface area contributed by atoms with Gasteiger partial charge in [0.05, 0.1) is 0 Å². The van der Waals surface area contributed by atoms with Crippen LogP contribution >= 0.6 is 0 Å². The first-order valence-electron chi connectivity index (χ1n) is 4.57. The van der Waals surface area contributed by atoms with E-state index < -0.39 is 0 Å². The number of aromatic nitrogens is 2. The van der Waals surface area contributed by atoms with Gasteiger partial charge in [-0.2, -0.15) is 0 Å². The number of nitrogens with zero attached hydrogens (tertiary/aromatic N) is 2. The van der Waals surface area contributed by atoms with Gasteiger partial charge in [-0.15, -0.1) is 0 Å². The van der Waals surface area contributed by atoms with E-state index in [-0.39, 0.29) is 12.5 Å². The number of hydrogen-bond acceptors (Lipinski definition) is 3. The quantitative estimate of drug-likeness (QED) is 0.708. The molecule has 0 aliphatic carbocycles. The van der Waals surface area contributed by atoms with Gasteiger partial charge in [0.25, 0.3) is 0 Å². The van der Waals surface area contributed by atoms with Crippen LogP contribution in [-0.4, -0.2) is 15.5 Å². The minimum atomic E-state index is -0.329. The molecule has 0 atom stereocenters. The summed E-state index contributed by atoms with van der Waals surface area (Å²) in [4.78, 5) is 15.3. The molecule has 0 radical (unpaired) electrons. The van der Waals surface area contributed by atoms with Gasteiger partial charge in [-0.3, -0.25) is 0 Å². The highest BCUT2D eigenvalue weighted by molar-refractivity contribution is 5.71. The number of carbonyl (C=O) groups is 1. The average Bonchev–Trinajstić information content (AvgIpc) is 2.71. The van der Waals surface area contributed by atoms with Crippen LogP contribution in [0.25, 0.3) is 0 Å². The number of hydrogen-bond donors (Lipinski definition) is 0. The number of carbonyl (C=O) groups excluding carboxylic acids is 1. The Morgan fingerprint density at radius 2 is 2.07 bits per heavy atom. The molecule has 76 valence electrons. The molecule has 2 aromatic rings. The Labute approximate surface area is 87.1 Å². The molecule has 0 amide bonds. The summed E-state index contributed by atoms with van der Waals surface area (Å²) in [6.45, 7) is 0.198. The fourth-order valence-electron chi connectivity index (χ4n) is 1.18. The molecule has 0 unspecified atom stereocenters. The number of rotatable bonds is 3. The summed E-state index contributed by atoms with van der Waals surface area (Å²) in [5.74, 6) is -0.000411. The third-order valence-electron chi connectivity index (χ3n) is 1.83. The Hall–Kier alpha value is -2.10. The molecule has 4 heteroatoms. The van der Waals surface area contributed by atoms with Gasteiger partial charge < -0.3 is 9.30 Å². The smallest absolute Gasteiger partial charge is 0.332 e. The SMILES string of the molecule is O=C(Cn1cccc1)Oc1ccccn1. The van der Waals surface area contributed by atoms with Gasteiger partial charge in [0.15, 0.2) is 0 Å². The van der Waals surface area contributed by atoms with Gasteiger partial charge in [-0.05, 0) is 18.2 Å². The largest absolute Gasteiger partial charge is 0.406 e. The molecule has 0 aliphatic rings. The predicted molar refractivity (Wildman–Crippen MR) is 54.3 cm³/mol. The van der Waals surface area contributed by atoms with Crippen LogP contribution in [0, 0.1) is 0 Å². The van der Waals surface area contributed by atoms with E-state index in [0.717, 1.165) is 0 Å². The maximum Gasteiger partial charge on any atom is 0.332 e. The molecule has 0 aliphatic heterocycles. The minimum absolute atomic E-state index is 0.198. The van der Waals surface area contributed by atoms with Crippen molar-refractivity contribution < 1.29 is 9.53 Å². The molecule has 2 aromatic heterocycles. The van der Waals surface area contributed by atoms with Crippen molar-refractivity contribution in [3.63, 3.8) is 0 Å². The maximum atomic E-state index is 11.4. The van der Waals surface area contributed by atoms with Gasteiger partial charge in [0, 0.05) is 24.7 Å². The maximum absolute atomic E-state index is 11.4. The van der Waals surface area contributed by atoms with E-state index in [4.69, 9.17) is 4.74 Å². The molecular weight excluding hydrogens is 192 g/mol. The average molecular weight is 202 g/mol. The summed E-state index contributed by atoms with van der Waals surface area (Å²) in [5, 5.41) is 0. The Balaban J connectivity index is 1.94. The third-order valence-corrected chi connectivity index (χ3v) is 1.83. The van der Waals surface area contributed by atoms with E-state index in [0.29, 0.717) is 5.88 Å². The fraction of sp³-hybridized carbons (Fsp3) is 0.0909. The summed E-state index contributed by atoms with van der Waals surface area (Å²) in [7, 11) is 0. The Morgan fingerprint density at radius 3 is 2.73 bits per heavy atom. The summed E-state index contributed by atoms with van der Waals surface area (Å²) >= 11 is 0. The summed E-state index contributed by atoms with van der Waals surface area (Å²) < 4.78 is 6.76. The van der Waals surface area contributed by atoms with Crippen LogP contribution in [0.4, 0.5) is 0 Å². The lowest BCUT2D eigenvalue weighted by Crippen LogP contribution is -2.15. The minimum Gasteiger partial charge on any atom is -0.406 e. The first kappa shape index (κ1) is 9.45. The van der Waals surface area contributed by atoms with E-state index in [2.05, 4.69) is 4.98 Å². The van der Waals surface area contributed by atoms with E-state index in [1.807, 2.05) is 12.1 Å². The van der Waals surface area contributed by atoms with Gasteiger partial charge >= 0.3 is 5.97 Å². The van der Waals surface area contributed by atoms with Crippen molar-refractivity contribution in [1.82, 2.24) is 9.55 Å². The molecule has 0 saturated carbocycles. The van der Waals surface area contributed by atoms with Crippen molar-refractivity contribution in [2.75, 3.05) is 0 Å². The lowest BCUT2D eigenvalue weighted by Gasteiger charge is -2.03. The van der Waals surface area contributed by atoms with E-state index >= 15 is 0 Å². The van der Waals surface area contributed by atoms with Crippen LogP contribution in [0.2, 0.25) is 0 Å². The third kappa shape index (κ3) is 2.67. The van der Waals surface area contributed by atoms with Gasteiger partial charge in [0.1, 0.15) is 6.54 Å². The molecule has 0 bridgehead atoms. The Bertz CT molecular complexity index is 423. The van der Waals surface area contributed by atoms with Crippen LogP contribution in [0.1, 0.15) is 0 Å². The fourth-order valence-corrected chi connectivity index (χ4v) is 1.18. The molecule has 2 heterocycles. The van der Waals surface area contributed by atoms with Crippen LogP contribution in [-0.2, 0) is 11.3 Å². The zero-order chi connectivity index (χ0) is 10.5. The second kappa shape index (κ2) is 4.41.